The third kappa shape index (κ3) is 5.67. The molecule has 0 fully saturated rings. The summed E-state index contributed by atoms with van der Waals surface area (Å²) in [5, 5.41) is 14.2. The Balaban J connectivity index is 1.54. The zero-order valence-corrected chi connectivity index (χ0v) is 22.6. The number of hydrogen-bond acceptors (Lipinski definition) is 3. The minimum Gasteiger partial charge on any atom is -0.478 e. The van der Waals surface area contributed by atoms with Crippen LogP contribution in [0, 0.1) is 0 Å². The Morgan fingerprint density at radius 2 is 1.62 bits per heavy atom. The van der Waals surface area contributed by atoms with Crippen LogP contribution in [0.3, 0.4) is 0 Å². The van der Waals surface area contributed by atoms with Crippen molar-refractivity contribution >= 4 is 46.1 Å². The minimum atomic E-state index is -1.16. The van der Waals surface area contributed by atoms with Gasteiger partial charge in [0.05, 0.1) is 22.6 Å². The van der Waals surface area contributed by atoms with Crippen LogP contribution in [0.2, 0.25) is 10.0 Å². The van der Waals surface area contributed by atoms with Crippen molar-refractivity contribution in [2.24, 2.45) is 0 Å². The Kier molecular flexibility index (Phi) is 7.68. The highest BCUT2D eigenvalue weighted by molar-refractivity contribution is 6.31. The van der Waals surface area contributed by atoms with Gasteiger partial charge in [0, 0.05) is 21.2 Å². The lowest BCUT2D eigenvalue weighted by atomic mass is 9.93. The first-order valence-electron chi connectivity index (χ1n) is 12.5. The Morgan fingerprint density at radius 3 is 2.36 bits per heavy atom. The lowest BCUT2D eigenvalue weighted by molar-refractivity contribution is 0.0697. The van der Waals surface area contributed by atoms with Crippen LogP contribution < -0.4 is 5.32 Å². The third-order valence-electron chi connectivity index (χ3n) is 6.57. The molecule has 39 heavy (non-hydrogen) atoms. The highest BCUT2D eigenvalue weighted by Crippen LogP contribution is 2.36. The van der Waals surface area contributed by atoms with E-state index in [2.05, 4.69) is 22.2 Å². The molecular weight excluding hydrogens is 533 g/mol. The number of carboxylic acid groups (broad SMARTS) is 1. The van der Waals surface area contributed by atoms with E-state index in [9.17, 15) is 14.7 Å². The molecule has 4 aromatic carbocycles. The molecule has 5 rings (SSSR count). The Bertz CT molecular complexity index is 1680. The SMILES string of the molecule is CCCC(NC(=O)c1ccc(-c2cc(Cl)ccc2-c2nc3cc(Cl)ccc3[nH]2)c(C(=O)O)c1)c1ccccc1. The van der Waals surface area contributed by atoms with E-state index in [1.165, 1.54) is 6.07 Å². The largest absolute Gasteiger partial charge is 0.478 e. The van der Waals surface area contributed by atoms with Crippen LogP contribution in [0.25, 0.3) is 33.5 Å². The number of carboxylic acids is 1. The number of imidazole rings is 1. The number of aromatic amines is 1. The number of amides is 1. The summed E-state index contributed by atoms with van der Waals surface area (Å²) < 4.78 is 0. The van der Waals surface area contributed by atoms with Crippen molar-refractivity contribution in [1.29, 1.82) is 0 Å². The lowest BCUT2D eigenvalue weighted by Crippen LogP contribution is -2.28. The van der Waals surface area contributed by atoms with Crippen molar-refractivity contribution in [3.63, 3.8) is 0 Å². The Labute approximate surface area is 235 Å². The first-order chi connectivity index (χ1) is 18.8. The number of fused-ring (bicyclic) bond motifs is 1. The van der Waals surface area contributed by atoms with Crippen molar-refractivity contribution < 1.29 is 14.7 Å². The van der Waals surface area contributed by atoms with Gasteiger partial charge in [0.1, 0.15) is 5.82 Å². The summed E-state index contributed by atoms with van der Waals surface area (Å²) in [5.41, 5.74) is 4.38. The van der Waals surface area contributed by atoms with E-state index >= 15 is 0 Å². The van der Waals surface area contributed by atoms with Crippen LogP contribution in [0.15, 0.2) is 84.9 Å². The van der Waals surface area contributed by atoms with Crippen LogP contribution in [0.4, 0.5) is 0 Å². The van der Waals surface area contributed by atoms with Crippen molar-refractivity contribution in [1.82, 2.24) is 15.3 Å². The molecule has 0 radical (unpaired) electrons. The zero-order chi connectivity index (χ0) is 27.5. The monoisotopic (exact) mass is 557 g/mol. The molecule has 196 valence electrons. The van der Waals surface area contributed by atoms with Crippen molar-refractivity contribution in [3.05, 3.63) is 112 Å². The average Bonchev–Trinajstić information content (AvgIpc) is 3.35. The van der Waals surface area contributed by atoms with E-state index in [-0.39, 0.29) is 23.1 Å². The maximum Gasteiger partial charge on any atom is 0.336 e. The molecule has 8 heteroatoms. The molecule has 0 bridgehead atoms. The zero-order valence-electron chi connectivity index (χ0n) is 21.0. The number of carbonyl (C=O) groups excluding carboxylic acids is 1. The summed E-state index contributed by atoms with van der Waals surface area (Å²) in [6.07, 6.45) is 1.64. The van der Waals surface area contributed by atoms with Crippen molar-refractivity contribution in [2.45, 2.75) is 25.8 Å². The molecule has 5 aromatic rings. The van der Waals surface area contributed by atoms with E-state index in [0.717, 1.165) is 23.9 Å². The summed E-state index contributed by atoms with van der Waals surface area (Å²) in [6.45, 7) is 2.05. The standard InChI is InChI=1S/C31H25Cl2N3O3/c1-2-6-26(18-7-4-3-5-8-18)36-30(37)19-9-12-22(25(15-19)31(38)39)24-16-20(32)10-13-23(24)29-34-27-14-11-21(33)17-28(27)35-29/h3-5,7-17,26H,2,6H2,1H3,(H,34,35)(H,36,37)(H,38,39). The fraction of sp³-hybridized carbons (Fsp3) is 0.129. The van der Waals surface area contributed by atoms with Crippen LogP contribution in [-0.4, -0.2) is 27.0 Å². The number of nitrogens with one attached hydrogen (secondary N) is 2. The fourth-order valence-electron chi connectivity index (χ4n) is 4.69. The molecular formula is C31H25Cl2N3O3. The molecule has 6 nitrogen and oxygen atoms in total. The summed E-state index contributed by atoms with van der Waals surface area (Å²) in [6, 6.07) is 24.8. The van der Waals surface area contributed by atoms with Gasteiger partial charge in [0.25, 0.3) is 5.91 Å². The van der Waals surface area contributed by atoms with E-state index in [1.54, 1.807) is 42.5 Å². The smallest absolute Gasteiger partial charge is 0.336 e. The van der Waals surface area contributed by atoms with Gasteiger partial charge in [0.15, 0.2) is 0 Å². The molecule has 1 unspecified atom stereocenters. The number of aromatic carboxylic acids is 1. The van der Waals surface area contributed by atoms with Crippen molar-refractivity contribution in [2.75, 3.05) is 0 Å². The van der Waals surface area contributed by atoms with Crippen LogP contribution in [-0.2, 0) is 0 Å². The molecule has 0 aliphatic carbocycles. The van der Waals surface area contributed by atoms with Crippen LogP contribution >= 0.6 is 23.2 Å². The van der Waals surface area contributed by atoms with E-state index in [4.69, 9.17) is 23.2 Å². The molecule has 3 N–H and O–H groups in total. The van der Waals surface area contributed by atoms with Crippen LogP contribution in [0.5, 0.6) is 0 Å². The number of H-pyrrole nitrogens is 1. The Morgan fingerprint density at radius 1 is 0.897 bits per heavy atom. The second-order valence-corrected chi connectivity index (χ2v) is 10.1. The molecule has 0 aliphatic rings. The summed E-state index contributed by atoms with van der Waals surface area (Å²) >= 11 is 12.5. The average molecular weight is 558 g/mol. The first-order valence-corrected chi connectivity index (χ1v) is 13.3. The number of hydrogen-bond donors (Lipinski definition) is 3. The molecule has 1 atom stereocenters. The number of aromatic nitrogens is 2. The normalized spacial score (nSPS) is 11.9. The number of rotatable bonds is 8. The van der Waals surface area contributed by atoms with Gasteiger partial charge in [-0.3, -0.25) is 4.79 Å². The molecule has 0 saturated heterocycles. The Hall–Kier alpha value is -4.13. The highest BCUT2D eigenvalue weighted by atomic mass is 35.5. The first kappa shape index (κ1) is 26.5. The van der Waals surface area contributed by atoms with Gasteiger partial charge in [0.2, 0.25) is 0 Å². The quantitative estimate of drug-likeness (QED) is 0.179. The number of nitrogens with zero attached hydrogens (tertiary/aromatic N) is 1. The third-order valence-corrected chi connectivity index (χ3v) is 7.04. The number of halogens is 2. The van der Waals surface area contributed by atoms with Crippen LogP contribution in [0.1, 0.15) is 52.1 Å². The maximum absolute atomic E-state index is 13.2. The second kappa shape index (κ2) is 11.3. The molecule has 0 aliphatic heterocycles. The number of benzene rings is 4. The molecule has 1 amide bonds. The fourth-order valence-corrected chi connectivity index (χ4v) is 5.03. The van der Waals surface area contributed by atoms with E-state index in [1.807, 2.05) is 36.4 Å². The van der Waals surface area contributed by atoms with Gasteiger partial charge in [-0.2, -0.15) is 0 Å². The topological polar surface area (TPSA) is 95.1 Å². The lowest BCUT2D eigenvalue weighted by Gasteiger charge is -2.19. The predicted octanol–water partition coefficient (Wildman–Crippen LogP) is 8.17. The number of carbonyl (C=O) groups is 2. The van der Waals surface area contributed by atoms with Gasteiger partial charge in [-0.25, -0.2) is 9.78 Å². The second-order valence-electron chi connectivity index (χ2n) is 9.23. The molecule has 0 spiro atoms. The predicted molar refractivity (Wildman–Crippen MR) is 156 cm³/mol. The van der Waals surface area contributed by atoms with Gasteiger partial charge in [-0.1, -0.05) is 72.9 Å². The van der Waals surface area contributed by atoms with Gasteiger partial charge < -0.3 is 15.4 Å². The summed E-state index contributed by atoms with van der Waals surface area (Å²) in [7, 11) is 0. The van der Waals surface area contributed by atoms with E-state index in [0.29, 0.717) is 38.1 Å². The minimum absolute atomic E-state index is 0.0166. The van der Waals surface area contributed by atoms with Gasteiger partial charge in [-0.15, -0.1) is 0 Å². The van der Waals surface area contributed by atoms with E-state index < -0.39 is 5.97 Å². The molecule has 1 heterocycles. The van der Waals surface area contributed by atoms with Crippen molar-refractivity contribution in [3.8, 4) is 22.5 Å². The summed E-state index contributed by atoms with van der Waals surface area (Å²) in [5.74, 6) is -0.954. The highest BCUT2D eigenvalue weighted by Gasteiger charge is 2.21. The maximum atomic E-state index is 13.2. The van der Waals surface area contributed by atoms with Gasteiger partial charge in [-0.05, 0) is 71.6 Å². The molecule has 0 saturated carbocycles. The van der Waals surface area contributed by atoms with Gasteiger partial charge >= 0.3 is 5.97 Å². The summed E-state index contributed by atoms with van der Waals surface area (Å²) in [4.78, 5) is 33.6. The molecule has 1 aromatic heterocycles.